The molecule has 0 radical (unpaired) electrons. The summed E-state index contributed by atoms with van der Waals surface area (Å²) in [5.41, 5.74) is -0.213. The molecular formula is C15H17N5O6S. The zero-order valence-electron chi connectivity index (χ0n) is 14.7. The Bertz CT molecular complexity index is 963. The van der Waals surface area contributed by atoms with Crippen molar-refractivity contribution < 1.29 is 27.5 Å². The first kappa shape index (κ1) is 20.0. The number of nitrogens with one attached hydrogen (secondary N) is 2. The van der Waals surface area contributed by atoms with Crippen LogP contribution in [0.2, 0.25) is 0 Å². The van der Waals surface area contributed by atoms with Gasteiger partial charge in [0.15, 0.2) is 0 Å². The molecule has 2 N–H and O–H groups in total. The van der Waals surface area contributed by atoms with Gasteiger partial charge in [-0.3, -0.25) is 5.32 Å². The van der Waals surface area contributed by atoms with Crippen molar-refractivity contribution in [2.24, 2.45) is 0 Å². The van der Waals surface area contributed by atoms with Gasteiger partial charge in [0, 0.05) is 0 Å². The lowest BCUT2D eigenvalue weighted by atomic mass is 10.2. The summed E-state index contributed by atoms with van der Waals surface area (Å²) in [4.78, 5) is 35.0. The molecule has 2 aromatic rings. The molecule has 0 spiro atoms. The third kappa shape index (κ3) is 5.10. The summed E-state index contributed by atoms with van der Waals surface area (Å²) < 4.78 is 36.4. The summed E-state index contributed by atoms with van der Waals surface area (Å²) in [6, 6.07) is 4.17. The number of urea groups is 1. The molecule has 1 aromatic carbocycles. The van der Waals surface area contributed by atoms with E-state index in [0.717, 1.165) is 7.11 Å². The number of rotatable bonds is 6. The Morgan fingerprint density at radius 3 is 2.52 bits per heavy atom. The van der Waals surface area contributed by atoms with Crippen LogP contribution < -0.4 is 14.8 Å². The zero-order chi connectivity index (χ0) is 20.0. The van der Waals surface area contributed by atoms with E-state index in [9.17, 15) is 18.0 Å². The number of ether oxygens (including phenoxy) is 2. The predicted molar refractivity (Wildman–Crippen MR) is 92.9 cm³/mol. The molecule has 2 rings (SSSR count). The second kappa shape index (κ2) is 8.40. The number of carbonyl (C=O) groups is 2. The topological polar surface area (TPSA) is 149 Å². The maximum Gasteiger partial charge on any atom is 0.339 e. The predicted octanol–water partition coefficient (Wildman–Crippen LogP) is 0.876. The Morgan fingerprint density at radius 2 is 1.85 bits per heavy atom. The molecule has 1 heterocycles. The molecule has 12 heteroatoms. The SMILES string of the molecule is CCOc1nc(C)nc(NC(=O)NS(=O)(=O)c2ccccc2C(=O)OC)n1. The number of aryl methyl sites for hydroxylation is 1. The van der Waals surface area contributed by atoms with Crippen LogP contribution >= 0.6 is 0 Å². The Labute approximate surface area is 155 Å². The molecule has 27 heavy (non-hydrogen) atoms. The summed E-state index contributed by atoms with van der Waals surface area (Å²) in [7, 11) is -3.25. The first-order chi connectivity index (χ1) is 12.8. The van der Waals surface area contributed by atoms with E-state index in [2.05, 4.69) is 25.0 Å². The van der Waals surface area contributed by atoms with Gasteiger partial charge in [0.1, 0.15) is 10.7 Å². The van der Waals surface area contributed by atoms with Crippen LogP contribution in [0.25, 0.3) is 0 Å². The highest BCUT2D eigenvalue weighted by Crippen LogP contribution is 2.16. The molecule has 0 aliphatic rings. The van der Waals surface area contributed by atoms with E-state index in [0.29, 0.717) is 6.61 Å². The molecule has 11 nitrogen and oxygen atoms in total. The van der Waals surface area contributed by atoms with Crippen LogP contribution in [-0.2, 0) is 14.8 Å². The standard InChI is InChI=1S/C15H17N5O6S/c1-4-26-15-17-9(2)16-13(19-15)18-14(22)20-27(23,24)11-8-6-5-7-10(11)12(21)25-3/h5-8H,4H2,1-3H3,(H2,16,17,18,19,20,22). The molecule has 0 atom stereocenters. The van der Waals surface area contributed by atoms with Crippen LogP contribution in [0.15, 0.2) is 29.2 Å². The number of methoxy groups -OCH3 is 1. The summed E-state index contributed by atoms with van der Waals surface area (Å²) in [5, 5.41) is 2.18. The highest BCUT2D eigenvalue weighted by molar-refractivity contribution is 7.90. The van der Waals surface area contributed by atoms with Crippen LogP contribution in [0.5, 0.6) is 6.01 Å². The average molecular weight is 395 g/mol. The monoisotopic (exact) mass is 395 g/mol. The van der Waals surface area contributed by atoms with E-state index < -0.39 is 26.9 Å². The number of benzene rings is 1. The summed E-state index contributed by atoms with van der Waals surface area (Å²) in [5.74, 6) is -0.784. The molecule has 2 amide bonds. The maximum atomic E-state index is 12.5. The summed E-state index contributed by atoms with van der Waals surface area (Å²) in [6.07, 6.45) is 0. The van der Waals surface area contributed by atoms with Gasteiger partial charge in [-0.1, -0.05) is 12.1 Å². The second-order valence-corrected chi connectivity index (χ2v) is 6.62. The van der Waals surface area contributed by atoms with Gasteiger partial charge in [-0.25, -0.2) is 22.7 Å². The fourth-order valence-electron chi connectivity index (χ4n) is 1.99. The molecule has 144 valence electrons. The Hall–Kier alpha value is -3.28. The Morgan fingerprint density at radius 1 is 1.15 bits per heavy atom. The first-order valence-corrected chi connectivity index (χ1v) is 9.11. The van der Waals surface area contributed by atoms with E-state index in [-0.39, 0.29) is 23.3 Å². The third-order valence-corrected chi connectivity index (χ3v) is 4.42. The van der Waals surface area contributed by atoms with Crippen molar-refractivity contribution in [3.8, 4) is 6.01 Å². The van der Waals surface area contributed by atoms with Crippen molar-refractivity contribution in [3.63, 3.8) is 0 Å². The van der Waals surface area contributed by atoms with Crippen molar-refractivity contribution in [2.75, 3.05) is 19.0 Å². The minimum absolute atomic E-state index is 0.0146. The van der Waals surface area contributed by atoms with Gasteiger partial charge in [-0.05, 0) is 26.0 Å². The Kier molecular flexibility index (Phi) is 6.23. The molecule has 0 saturated carbocycles. The number of anilines is 1. The van der Waals surface area contributed by atoms with Crippen molar-refractivity contribution in [2.45, 2.75) is 18.7 Å². The van der Waals surface area contributed by atoms with E-state index in [1.807, 2.05) is 0 Å². The lowest BCUT2D eigenvalue weighted by molar-refractivity contribution is 0.0596. The van der Waals surface area contributed by atoms with E-state index in [1.54, 1.807) is 18.6 Å². The van der Waals surface area contributed by atoms with E-state index in [1.165, 1.54) is 24.3 Å². The van der Waals surface area contributed by atoms with Gasteiger partial charge >= 0.3 is 18.0 Å². The molecule has 1 aromatic heterocycles. The number of amides is 2. The third-order valence-electron chi connectivity index (χ3n) is 3.03. The zero-order valence-corrected chi connectivity index (χ0v) is 15.5. The Balaban J connectivity index is 2.22. The van der Waals surface area contributed by atoms with E-state index in [4.69, 9.17) is 4.74 Å². The van der Waals surface area contributed by atoms with E-state index >= 15 is 0 Å². The molecule has 0 aliphatic carbocycles. The largest absolute Gasteiger partial charge is 0.465 e. The van der Waals surface area contributed by atoms with Crippen LogP contribution in [-0.4, -0.2) is 49.1 Å². The van der Waals surface area contributed by atoms with Crippen molar-refractivity contribution >= 4 is 28.0 Å². The summed E-state index contributed by atoms with van der Waals surface area (Å²) >= 11 is 0. The van der Waals surface area contributed by atoms with Gasteiger partial charge in [0.05, 0.1) is 19.3 Å². The van der Waals surface area contributed by atoms with Crippen LogP contribution in [0, 0.1) is 6.92 Å². The van der Waals surface area contributed by atoms with Crippen LogP contribution in [0.3, 0.4) is 0 Å². The smallest absolute Gasteiger partial charge is 0.339 e. The summed E-state index contributed by atoms with van der Waals surface area (Å²) in [6.45, 7) is 3.58. The highest BCUT2D eigenvalue weighted by Gasteiger charge is 2.25. The van der Waals surface area contributed by atoms with Crippen molar-refractivity contribution in [3.05, 3.63) is 35.7 Å². The second-order valence-electron chi connectivity index (χ2n) is 4.97. The van der Waals surface area contributed by atoms with Gasteiger partial charge < -0.3 is 9.47 Å². The highest BCUT2D eigenvalue weighted by atomic mass is 32.2. The quantitative estimate of drug-likeness (QED) is 0.679. The van der Waals surface area contributed by atoms with Gasteiger partial charge in [-0.15, -0.1) is 0 Å². The molecule has 0 bridgehead atoms. The number of hydrogen-bond acceptors (Lipinski definition) is 9. The molecular weight excluding hydrogens is 378 g/mol. The average Bonchev–Trinajstić information content (AvgIpc) is 2.60. The number of aromatic nitrogens is 3. The van der Waals surface area contributed by atoms with Gasteiger partial charge in [0.2, 0.25) is 5.95 Å². The lowest BCUT2D eigenvalue weighted by Crippen LogP contribution is -2.35. The minimum Gasteiger partial charge on any atom is -0.465 e. The fraction of sp³-hybridized carbons (Fsp3) is 0.267. The number of hydrogen-bond donors (Lipinski definition) is 2. The van der Waals surface area contributed by atoms with Gasteiger partial charge in [-0.2, -0.15) is 15.0 Å². The number of sulfonamides is 1. The minimum atomic E-state index is -4.36. The van der Waals surface area contributed by atoms with Crippen molar-refractivity contribution in [1.29, 1.82) is 0 Å². The molecule has 0 saturated heterocycles. The molecule has 0 aliphatic heterocycles. The van der Waals surface area contributed by atoms with Gasteiger partial charge in [0.25, 0.3) is 10.0 Å². The maximum absolute atomic E-state index is 12.5. The fourth-order valence-corrected chi connectivity index (χ4v) is 3.09. The number of nitrogens with zero attached hydrogens (tertiary/aromatic N) is 3. The number of esters is 1. The van der Waals surface area contributed by atoms with Crippen molar-refractivity contribution in [1.82, 2.24) is 19.7 Å². The van der Waals surface area contributed by atoms with Crippen LogP contribution in [0.4, 0.5) is 10.7 Å². The lowest BCUT2D eigenvalue weighted by Gasteiger charge is -2.11. The molecule has 0 unspecified atom stereocenters. The number of carbonyl (C=O) groups excluding carboxylic acids is 2. The van der Waals surface area contributed by atoms with Crippen LogP contribution in [0.1, 0.15) is 23.1 Å². The normalized spacial score (nSPS) is 10.8. The first-order valence-electron chi connectivity index (χ1n) is 7.63. The molecule has 0 fully saturated rings.